The fourth-order valence-corrected chi connectivity index (χ4v) is 3.72. The van der Waals surface area contributed by atoms with E-state index in [1.165, 1.54) is 11.6 Å². The number of likely N-dealkylation sites (N-methyl/N-ethyl adjacent to an activating group) is 1. The second-order valence-electron chi connectivity index (χ2n) is 6.35. The minimum atomic E-state index is -4.49. The van der Waals surface area contributed by atoms with Gasteiger partial charge in [-0.1, -0.05) is 29.8 Å². The Kier molecular flexibility index (Phi) is 3.77. The number of hydrogen-bond donors (Lipinski definition) is 0. The van der Waals surface area contributed by atoms with Crippen LogP contribution in [0.2, 0.25) is 5.02 Å². The first-order valence-electron chi connectivity index (χ1n) is 8.00. The number of hydrogen-bond acceptors (Lipinski definition) is 2. The number of aliphatic imine (C=N–C) groups is 1. The average Bonchev–Trinajstić information content (AvgIpc) is 2.88. The Balaban J connectivity index is 2.03. The number of alkyl halides is 3. The summed E-state index contributed by atoms with van der Waals surface area (Å²) in [4.78, 5) is 6.43. The van der Waals surface area contributed by atoms with Gasteiger partial charge in [0.15, 0.2) is 0 Å². The van der Waals surface area contributed by atoms with Crippen LogP contribution in [0.5, 0.6) is 0 Å². The molecule has 0 aliphatic carbocycles. The molecule has 0 fully saturated rings. The van der Waals surface area contributed by atoms with Crippen LogP contribution in [0.3, 0.4) is 0 Å². The predicted octanol–water partition coefficient (Wildman–Crippen LogP) is 5.42. The summed E-state index contributed by atoms with van der Waals surface area (Å²) >= 11 is 6.05. The lowest BCUT2D eigenvalue weighted by Crippen LogP contribution is -2.30. The number of benzene rings is 2. The lowest BCUT2D eigenvalue weighted by atomic mass is 10.0. The molecule has 0 unspecified atom stereocenters. The van der Waals surface area contributed by atoms with Crippen molar-refractivity contribution in [2.24, 2.45) is 12.0 Å². The molecule has 0 saturated heterocycles. The molecule has 134 valence electrons. The highest BCUT2D eigenvalue weighted by Gasteiger charge is 2.40. The van der Waals surface area contributed by atoms with Crippen molar-refractivity contribution in [3.05, 3.63) is 58.7 Å². The van der Waals surface area contributed by atoms with Crippen molar-refractivity contribution in [3.8, 4) is 0 Å². The quantitative estimate of drug-likeness (QED) is 0.554. The Morgan fingerprint density at radius 1 is 1.08 bits per heavy atom. The van der Waals surface area contributed by atoms with Crippen LogP contribution in [0.1, 0.15) is 11.3 Å². The minimum absolute atomic E-state index is 0.132. The Morgan fingerprint density at radius 2 is 1.81 bits per heavy atom. The molecule has 3 nitrogen and oxygen atoms in total. The Morgan fingerprint density at radius 3 is 2.54 bits per heavy atom. The number of rotatable bonds is 1. The first kappa shape index (κ1) is 17.0. The van der Waals surface area contributed by atoms with Crippen LogP contribution in [0.4, 0.5) is 24.5 Å². The van der Waals surface area contributed by atoms with Gasteiger partial charge in [-0.15, -0.1) is 0 Å². The van der Waals surface area contributed by atoms with Crippen molar-refractivity contribution < 1.29 is 13.2 Å². The highest BCUT2D eigenvalue weighted by atomic mass is 35.5. The lowest BCUT2D eigenvalue weighted by molar-refractivity contribution is -0.142. The Labute approximate surface area is 153 Å². The van der Waals surface area contributed by atoms with E-state index in [9.17, 15) is 13.2 Å². The van der Waals surface area contributed by atoms with Crippen molar-refractivity contribution in [2.75, 3.05) is 18.5 Å². The summed E-state index contributed by atoms with van der Waals surface area (Å²) in [5.74, 6) is 0. The second kappa shape index (κ2) is 5.77. The zero-order valence-electron chi connectivity index (χ0n) is 14.1. The van der Waals surface area contributed by atoms with Gasteiger partial charge in [0.05, 0.1) is 23.6 Å². The van der Waals surface area contributed by atoms with E-state index in [4.69, 9.17) is 11.6 Å². The van der Waals surface area contributed by atoms with Crippen LogP contribution in [-0.2, 0) is 13.2 Å². The van der Waals surface area contributed by atoms with Gasteiger partial charge in [0.2, 0.25) is 0 Å². The molecule has 1 aliphatic rings. The van der Waals surface area contributed by atoms with Crippen LogP contribution < -0.4 is 4.90 Å². The van der Waals surface area contributed by atoms with Crippen LogP contribution in [0.15, 0.2) is 47.5 Å². The van der Waals surface area contributed by atoms with Crippen molar-refractivity contribution in [2.45, 2.75) is 6.18 Å². The molecule has 1 aromatic heterocycles. The monoisotopic (exact) mass is 377 g/mol. The van der Waals surface area contributed by atoms with Crippen LogP contribution in [0, 0.1) is 0 Å². The Hall–Kier alpha value is -2.47. The maximum atomic E-state index is 13.8. The summed E-state index contributed by atoms with van der Waals surface area (Å²) in [5, 5.41) is 1.04. The van der Waals surface area contributed by atoms with Crippen LogP contribution >= 0.6 is 11.6 Å². The molecule has 7 heteroatoms. The van der Waals surface area contributed by atoms with Crippen molar-refractivity contribution in [1.82, 2.24) is 4.57 Å². The van der Waals surface area contributed by atoms with Crippen molar-refractivity contribution in [1.29, 1.82) is 0 Å². The van der Waals surface area contributed by atoms with Gasteiger partial charge in [0.25, 0.3) is 0 Å². The number of fused-ring (bicyclic) bond motifs is 2. The number of aryl methyl sites for hydroxylation is 1. The van der Waals surface area contributed by atoms with Crippen LogP contribution in [0.25, 0.3) is 10.9 Å². The third kappa shape index (κ3) is 2.56. The first-order chi connectivity index (χ1) is 12.3. The van der Waals surface area contributed by atoms with Gasteiger partial charge in [-0.2, -0.15) is 13.2 Å². The fourth-order valence-electron chi connectivity index (χ4n) is 3.55. The number of para-hydroxylation sites is 1. The zero-order valence-corrected chi connectivity index (χ0v) is 14.9. The fraction of sp³-hybridized carbons (Fsp3) is 0.211. The minimum Gasteiger partial charge on any atom is -0.367 e. The standard InChI is InChI=1S/C19H15ClF3N3/c1-25-10-14(24-13-9-11(20)7-8-16(13)25)17-12-5-3-4-6-15(12)26(2)18(17)19(21,22)23/h3-9H,10H2,1-2H3. The summed E-state index contributed by atoms with van der Waals surface area (Å²) in [6.07, 6.45) is -4.49. The van der Waals surface area contributed by atoms with Gasteiger partial charge in [-0.05, 0) is 24.3 Å². The molecule has 26 heavy (non-hydrogen) atoms. The summed E-state index contributed by atoms with van der Waals surface area (Å²) in [5.41, 5.74) is 1.77. The third-order valence-corrected chi connectivity index (χ3v) is 4.89. The molecule has 0 spiro atoms. The van der Waals surface area contributed by atoms with E-state index in [2.05, 4.69) is 4.99 Å². The van der Waals surface area contributed by atoms with Gasteiger partial charge in [-0.25, -0.2) is 4.99 Å². The normalized spacial score (nSPS) is 14.5. The van der Waals surface area contributed by atoms with Crippen molar-refractivity contribution in [3.63, 3.8) is 0 Å². The summed E-state index contributed by atoms with van der Waals surface area (Å²) in [7, 11) is 3.27. The topological polar surface area (TPSA) is 20.5 Å². The van der Waals surface area contributed by atoms with E-state index in [-0.39, 0.29) is 12.1 Å². The number of aromatic nitrogens is 1. The molecule has 4 rings (SSSR count). The van der Waals surface area contributed by atoms with Crippen LogP contribution in [-0.4, -0.2) is 23.9 Å². The highest BCUT2D eigenvalue weighted by Crippen LogP contribution is 2.41. The highest BCUT2D eigenvalue weighted by molar-refractivity contribution is 6.31. The van der Waals surface area contributed by atoms with E-state index in [1.807, 2.05) is 18.0 Å². The first-order valence-corrected chi connectivity index (χ1v) is 8.38. The average molecular weight is 378 g/mol. The molecular formula is C19H15ClF3N3. The SMILES string of the molecule is CN1CC(c2c(C(F)(F)F)n(C)c3ccccc23)=Nc2cc(Cl)ccc21. The maximum absolute atomic E-state index is 13.8. The number of halogens is 4. The molecule has 1 aliphatic heterocycles. The second-order valence-corrected chi connectivity index (χ2v) is 6.78. The van der Waals surface area contributed by atoms with Gasteiger partial charge in [0.1, 0.15) is 5.69 Å². The molecule has 3 aromatic rings. The van der Waals surface area contributed by atoms with E-state index < -0.39 is 11.9 Å². The molecule has 0 saturated carbocycles. The van der Waals surface area contributed by atoms with E-state index in [0.717, 1.165) is 5.69 Å². The molecule has 0 radical (unpaired) electrons. The smallest absolute Gasteiger partial charge is 0.367 e. The molecule has 0 amide bonds. The molecule has 0 N–H and O–H groups in total. The van der Waals surface area contributed by atoms with E-state index in [0.29, 0.717) is 27.3 Å². The number of nitrogens with zero attached hydrogens (tertiary/aromatic N) is 3. The largest absolute Gasteiger partial charge is 0.432 e. The summed E-state index contributed by atoms with van der Waals surface area (Å²) < 4.78 is 42.7. The summed E-state index contributed by atoms with van der Waals surface area (Å²) in [6.45, 7) is 0.283. The number of anilines is 1. The molecule has 0 bridgehead atoms. The van der Waals surface area contributed by atoms with Crippen molar-refractivity contribution >= 4 is 39.6 Å². The van der Waals surface area contributed by atoms with E-state index in [1.54, 1.807) is 36.4 Å². The van der Waals surface area contributed by atoms with Gasteiger partial charge < -0.3 is 9.47 Å². The third-order valence-electron chi connectivity index (χ3n) is 4.66. The molecule has 2 aromatic carbocycles. The summed E-state index contributed by atoms with van der Waals surface area (Å²) in [6, 6.07) is 12.1. The molecular weight excluding hydrogens is 363 g/mol. The molecule has 2 heterocycles. The van der Waals surface area contributed by atoms with E-state index >= 15 is 0 Å². The Bertz CT molecular complexity index is 1050. The molecule has 0 atom stereocenters. The van der Waals surface area contributed by atoms with Gasteiger partial charge in [0, 0.05) is 35.6 Å². The van der Waals surface area contributed by atoms with Gasteiger partial charge in [-0.3, -0.25) is 0 Å². The predicted molar refractivity (Wildman–Crippen MR) is 98.8 cm³/mol. The maximum Gasteiger partial charge on any atom is 0.432 e. The zero-order chi connectivity index (χ0) is 18.6. The lowest BCUT2D eigenvalue weighted by Gasteiger charge is -2.27. The van der Waals surface area contributed by atoms with Gasteiger partial charge >= 0.3 is 6.18 Å².